The van der Waals surface area contributed by atoms with Gasteiger partial charge in [-0.3, -0.25) is 4.79 Å². The zero-order chi connectivity index (χ0) is 13.9. The van der Waals surface area contributed by atoms with Crippen LogP contribution in [-0.4, -0.2) is 46.7 Å². The van der Waals surface area contributed by atoms with E-state index in [1.807, 2.05) is 6.92 Å². The molecule has 1 N–H and O–H groups in total. The third-order valence-corrected chi connectivity index (χ3v) is 4.28. The summed E-state index contributed by atoms with van der Waals surface area (Å²) in [5.74, 6) is -0.909. The molecule has 0 spiro atoms. The van der Waals surface area contributed by atoms with Crippen LogP contribution in [0.4, 0.5) is 0 Å². The summed E-state index contributed by atoms with van der Waals surface area (Å²) < 4.78 is 5.48. The first kappa shape index (κ1) is 14.3. The van der Waals surface area contributed by atoms with Gasteiger partial charge in [0, 0.05) is 13.2 Å². The van der Waals surface area contributed by atoms with Crippen LogP contribution in [0, 0.1) is 0 Å². The number of hydrogen-bond donors (Lipinski definition) is 1. The third kappa shape index (κ3) is 2.76. The highest BCUT2D eigenvalue weighted by Gasteiger charge is 2.49. The second kappa shape index (κ2) is 5.90. The average Bonchev–Trinajstić information content (AvgIpc) is 2.99. The van der Waals surface area contributed by atoms with Gasteiger partial charge < -0.3 is 14.7 Å². The van der Waals surface area contributed by atoms with Crippen LogP contribution in [0.2, 0.25) is 0 Å². The molecule has 2 saturated heterocycles. The molecule has 5 heteroatoms. The normalized spacial score (nSPS) is 30.8. The van der Waals surface area contributed by atoms with Crippen LogP contribution in [0.5, 0.6) is 0 Å². The van der Waals surface area contributed by atoms with Crippen molar-refractivity contribution in [3.05, 3.63) is 0 Å². The minimum atomic E-state index is -0.968. The molecule has 0 bridgehead atoms. The molecule has 0 saturated carbocycles. The average molecular weight is 269 g/mol. The Morgan fingerprint density at radius 3 is 2.79 bits per heavy atom. The summed E-state index contributed by atoms with van der Waals surface area (Å²) in [5, 5.41) is 9.55. The van der Waals surface area contributed by atoms with Gasteiger partial charge in [0.25, 0.3) is 0 Å². The maximum atomic E-state index is 12.4. The molecule has 2 aliphatic rings. The summed E-state index contributed by atoms with van der Waals surface area (Å²) in [4.78, 5) is 25.6. The van der Waals surface area contributed by atoms with Gasteiger partial charge >= 0.3 is 5.97 Å². The van der Waals surface area contributed by atoms with Crippen LogP contribution < -0.4 is 0 Å². The number of carbonyl (C=O) groups excluding carboxylic acids is 1. The van der Waals surface area contributed by atoms with Crippen LogP contribution in [-0.2, 0) is 14.3 Å². The van der Waals surface area contributed by atoms with Gasteiger partial charge in [-0.05, 0) is 32.1 Å². The van der Waals surface area contributed by atoms with Gasteiger partial charge in [0.05, 0.1) is 12.5 Å². The Kier molecular flexibility index (Phi) is 4.45. The fourth-order valence-electron chi connectivity index (χ4n) is 3.36. The van der Waals surface area contributed by atoms with Crippen molar-refractivity contribution in [1.29, 1.82) is 0 Å². The minimum Gasteiger partial charge on any atom is -0.479 e. The molecular weight excluding hydrogens is 246 g/mol. The van der Waals surface area contributed by atoms with E-state index in [9.17, 15) is 14.7 Å². The van der Waals surface area contributed by atoms with E-state index in [4.69, 9.17) is 4.74 Å². The largest absolute Gasteiger partial charge is 0.479 e. The van der Waals surface area contributed by atoms with E-state index in [1.54, 1.807) is 4.90 Å². The predicted octanol–water partition coefficient (Wildman–Crippen LogP) is 1.80. The van der Waals surface area contributed by atoms with E-state index in [0.29, 0.717) is 25.8 Å². The topological polar surface area (TPSA) is 66.8 Å². The first-order chi connectivity index (χ1) is 9.10. The highest BCUT2D eigenvalue weighted by Crippen LogP contribution is 2.35. The molecule has 19 heavy (non-hydrogen) atoms. The summed E-state index contributed by atoms with van der Waals surface area (Å²) in [5.41, 5.74) is -0.968. The zero-order valence-corrected chi connectivity index (χ0v) is 11.6. The second-order valence-corrected chi connectivity index (χ2v) is 5.57. The van der Waals surface area contributed by atoms with E-state index in [-0.39, 0.29) is 12.0 Å². The lowest BCUT2D eigenvalue weighted by atomic mass is 9.90. The van der Waals surface area contributed by atoms with Crippen molar-refractivity contribution in [3.8, 4) is 0 Å². The Balaban J connectivity index is 2.07. The SMILES string of the molecule is CCCC1(C(=O)O)CCCN1C(=O)CC1CCCO1. The number of rotatable bonds is 5. The van der Waals surface area contributed by atoms with Crippen LogP contribution in [0.15, 0.2) is 0 Å². The first-order valence-electron chi connectivity index (χ1n) is 7.25. The lowest BCUT2D eigenvalue weighted by Gasteiger charge is -2.35. The Bertz CT molecular complexity index is 351. The minimum absolute atomic E-state index is 0.0128. The lowest BCUT2D eigenvalue weighted by Crippen LogP contribution is -2.53. The van der Waals surface area contributed by atoms with E-state index < -0.39 is 11.5 Å². The number of ether oxygens (including phenoxy) is 1. The second-order valence-electron chi connectivity index (χ2n) is 5.57. The molecule has 0 radical (unpaired) electrons. The van der Waals surface area contributed by atoms with Gasteiger partial charge in [-0.2, -0.15) is 0 Å². The summed E-state index contributed by atoms with van der Waals surface area (Å²) >= 11 is 0. The summed E-state index contributed by atoms with van der Waals surface area (Å²) in [7, 11) is 0. The third-order valence-electron chi connectivity index (χ3n) is 4.28. The van der Waals surface area contributed by atoms with Crippen molar-refractivity contribution in [3.63, 3.8) is 0 Å². The van der Waals surface area contributed by atoms with Crippen molar-refractivity contribution >= 4 is 11.9 Å². The molecule has 1 amide bonds. The lowest BCUT2D eigenvalue weighted by molar-refractivity contribution is -0.158. The van der Waals surface area contributed by atoms with Gasteiger partial charge in [-0.15, -0.1) is 0 Å². The number of amides is 1. The Morgan fingerprint density at radius 1 is 1.42 bits per heavy atom. The molecule has 2 heterocycles. The number of carboxylic acid groups (broad SMARTS) is 1. The number of nitrogens with zero attached hydrogens (tertiary/aromatic N) is 1. The smallest absolute Gasteiger partial charge is 0.329 e. The van der Waals surface area contributed by atoms with Gasteiger partial charge in [-0.1, -0.05) is 13.3 Å². The Labute approximate surface area is 113 Å². The number of likely N-dealkylation sites (tertiary alicyclic amines) is 1. The molecule has 0 aromatic heterocycles. The number of carboxylic acids is 1. The van der Waals surface area contributed by atoms with Crippen molar-refractivity contribution in [2.24, 2.45) is 0 Å². The van der Waals surface area contributed by atoms with E-state index >= 15 is 0 Å². The molecule has 0 aromatic carbocycles. The predicted molar refractivity (Wildman–Crippen MR) is 69.8 cm³/mol. The van der Waals surface area contributed by atoms with Crippen LogP contribution in [0.1, 0.15) is 51.9 Å². The number of carbonyl (C=O) groups is 2. The number of aliphatic carboxylic acids is 1. The van der Waals surface area contributed by atoms with Crippen LogP contribution >= 0.6 is 0 Å². The molecule has 108 valence electrons. The van der Waals surface area contributed by atoms with Crippen LogP contribution in [0.3, 0.4) is 0 Å². The standard InChI is InChI=1S/C14H23NO4/c1-2-6-14(13(17)18)7-4-8-15(14)12(16)10-11-5-3-9-19-11/h11H,2-10H2,1H3,(H,17,18). The molecule has 2 unspecified atom stereocenters. The molecule has 0 aliphatic carbocycles. The van der Waals surface area contributed by atoms with Crippen molar-refractivity contribution in [2.75, 3.05) is 13.2 Å². The quantitative estimate of drug-likeness (QED) is 0.826. The Hall–Kier alpha value is -1.10. The maximum absolute atomic E-state index is 12.4. The highest BCUT2D eigenvalue weighted by molar-refractivity contribution is 5.88. The molecule has 2 rings (SSSR count). The highest BCUT2D eigenvalue weighted by atomic mass is 16.5. The van der Waals surface area contributed by atoms with Crippen LogP contribution in [0.25, 0.3) is 0 Å². The fraction of sp³-hybridized carbons (Fsp3) is 0.857. The first-order valence-corrected chi connectivity index (χ1v) is 7.25. The van der Waals surface area contributed by atoms with E-state index in [2.05, 4.69) is 0 Å². The Morgan fingerprint density at radius 2 is 2.21 bits per heavy atom. The molecule has 5 nitrogen and oxygen atoms in total. The molecule has 2 aliphatic heterocycles. The molecule has 2 fully saturated rings. The van der Waals surface area contributed by atoms with E-state index in [0.717, 1.165) is 32.3 Å². The monoisotopic (exact) mass is 269 g/mol. The van der Waals surface area contributed by atoms with Gasteiger partial charge in [0.2, 0.25) is 5.91 Å². The van der Waals surface area contributed by atoms with Crippen molar-refractivity contribution in [2.45, 2.75) is 63.5 Å². The zero-order valence-electron chi connectivity index (χ0n) is 11.6. The van der Waals surface area contributed by atoms with Crippen molar-refractivity contribution in [1.82, 2.24) is 4.90 Å². The summed E-state index contributed by atoms with van der Waals surface area (Å²) in [6.45, 7) is 3.25. The summed E-state index contributed by atoms with van der Waals surface area (Å²) in [6.07, 6.45) is 4.90. The van der Waals surface area contributed by atoms with E-state index in [1.165, 1.54) is 0 Å². The maximum Gasteiger partial charge on any atom is 0.329 e. The molecule has 2 atom stereocenters. The summed E-state index contributed by atoms with van der Waals surface area (Å²) in [6, 6.07) is 0. The van der Waals surface area contributed by atoms with Crippen molar-refractivity contribution < 1.29 is 19.4 Å². The molecular formula is C14H23NO4. The number of hydrogen-bond acceptors (Lipinski definition) is 3. The van der Waals surface area contributed by atoms with Gasteiger partial charge in [-0.25, -0.2) is 4.79 Å². The molecule has 0 aromatic rings. The van der Waals surface area contributed by atoms with Gasteiger partial charge in [0.15, 0.2) is 0 Å². The fourth-order valence-corrected chi connectivity index (χ4v) is 3.36. The van der Waals surface area contributed by atoms with Gasteiger partial charge in [0.1, 0.15) is 5.54 Å².